The summed E-state index contributed by atoms with van der Waals surface area (Å²) in [7, 11) is 0. The van der Waals surface area contributed by atoms with Crippen LogP contribution in [-0.2, 0) is 23.2 Å². The van der Waals surface area contributed by atoms with E-state index in [0.717, 1.165) is 47.5 Å². The van der Waals surface area contributed by atoms with Gasteiger partial charge in [0, 0.05) is 22.0 Å². The van der Waals surface area contributed by atoms with Gasteiger partial charge in [-0.05, 0) is 99.4 Å². The molecule has 0 spiro atoms. The lowest BCUT2D eigenvalue weighted by atomic mass is 9.83. The van der Waals surface area contributed by atoms with E-state index in [0.29, 0.717) is 11.6 Å². The first-order valence-electron chi connectivity index (χ1n) is 11.6. The molecule has 0 fully saturated rings. The van der Waals surface area contributed by atoms with Crippen LogP contribution >= 0.6 is 11.6 Å². The Labute approximate surface area is 200 Å². The number of carbonyl (C=O) groups is 1. The number of amides is 1. The normalized spacial score (nSPS) is 17.3. The lowest BCUT2D eigenvalue weighted by molar-refractivity contribution is -0.122. The Morgan fingerprint density at radius 1 is 1.12 bits per heavy atom. The summed E-state index contributed by atoms with van der Waals surface area (Å²) in [5.41, 5.74) is 11.0. The number of benzene rings is 2. The number of aromatic amines is 1. The molecule has 0 unspecified atom stereocenters. The van der Waals surface area contributed by atoms with Gasteiger partial charge in [-0.2, -0.15) is 5.10 Å². The molecule has 0 saturated heterocycles. The van der Waals surface area contributed by atoms with E-state index in [9.17, 15) is 4.79 Å². The molecule has 33 heavy (non-hydrogen) atoms. The van der Waals surface area contributed by atoms with Crippen molar-refractivity contribution in [3.8, 4) is 0 Å². The number of fused-ring (bicyclic) bond motifs is 2. The molecule has 0 saturated carbocycles. The number of hydrogen-bond donors (Lipinski definition) is 1. The van der Waals surface area contributed by atoms with Gasteiger partial charge in [-0.1, -0.05) is 35.9 Å². The Bertz CT molecular complexity index is 1310. The number of H-pyrrole nitrogens is 1. The standard InChI is InChI=1S/C28H30ClN3O/c1-16-13-23-25(32(27(33)28(23,4)5)15-19-9-6-7-12-24(19)29)14-22(16)20-10-8-11-21-18(3)30-31-26(21)17(20)2/h6-7,9,12-14H,8,10-11,15H2,1-5H3,(H,30,31). The van der Waals surface area contributed by atoms with Crippen LogP contribution in [0.15, 0.2) is 36.4 Å². The van der Waals surface area contributed by atoms with Gasteiger partial charge in [-0.3, -0.25) is 9.89 Å². The molecular formula is C28H30ClN3O. The van der Waals surface area contributed by atoms with Crippen molar-refractivity contribution in [1.82, 2.24) is 10.2 Å². The molecular weight excluding hydrogens is 430 g/mol. The third-order valence-corrected chi connectivity index (χ3v) is 7.80. The zero-order valence-corrected chi connectivity index (χ0v) is 20.7. The summed E-state index contributed by atoms with van der Waals surface area (Å²) in [5.74, 6) is 0.116. The highest BCUT2D eigenvalue weighted by Crippen LogP contribution is 2.46. The fourth-order valence-electron chi connectivity index (χ4n) is 5.44. The van der Waals surface area contributed by atoms with E-state index in [-0.39, 0.29) is 5.91 Å². The first-order valence-corrected chi connectivity index (χ1v) is 12.0. The molecule has 5 rings (SSSR count). The molecule has 170 valence electrons. The minimum atomic E-state index is -0.570. The summed E-state index contributed by atoms with van der Waals surface area (Å²) in [6.07, 6.45) is 3.13. The first-order chi connectivity index (χ1) is 15.7. The monoisotopic (exact) mass is 459 g/mol. The van der Waals surface area contributed by atoms with Crippen LogP contribution in [0.5, 0.6) is 0 Å². The minimum absolute atomic E-state index is 0.116. The molecule has 1 N–H and O–H groups in total. The maximum atomic E-state index is 13.5. The molecule has 0 bridgehead atoms. The van der Waals surface area contributed by atoms with Crippen LogP contribution in [-0.4, -0.2) is 16.1 Å². The number of hydrogen-bond acceptors (Lipinski definition) is 2. The van der Waals surface area contributed by atoms with Gasteiger partial charge in [-0.15, -0.1) is 0 Å². The second-order valence-electron chi connectivity index (χ2n) is 9.92. The van der Waals surface area contributed by atoms with Crippen molar-refractivity contribution in [3.05, 3.63) is 80.6 Å². The van der Waals surface area contributed by atoms with E-state index < -0.39 is 5.41 Å². The number of rotatable bonds is 3. The summed E-state index contributed by atoms with van der Waals surface area (Å²) in [6, 6.07) is 12.2. The highest BCUT2D eigenvalue weighted by molar-refractivity contribution is 6.31. The lowest BCUT2D eigenvalue weighted by Gasteiger charge is -2.21. The highest BCUT2D eigenvalue weighted by atomic mass is 35.5. The van der Waals surface area contributed by atoms with Crippen LogP contribution in [0.25, 0.3) is 11.1 Å². The number of aromatic nitrogens is 2. The molecule has 0 radical (unpaired) electrons. The molecule has 2 aromatic carbocycles. The summed E-state index contributed by atoms with van der Waals surface area (Å²) >= 11 is 6.46. The van der Waals surface area contributed by atoms with Crippen molar-refractivity contribution < 1.29 is 4.79 Å². The molecule has 1 amide bonds. The molecule has 2 heterocycles. The van der Waals surface area contributed by atoms with Crippen molar-refractivity contribution in [1.29, 1.82) is 0 Å². The van der Waals surface area contributed by atoms with Gasteiger partial charge < -0.3 is 4.90 Å². The van der Waals surface area contributed by atoms with Crippen molar-refractivity contribution in [2.75, 3.05) is 4.90 Å². The van der Waals surface area contributed by atoms with E-state index in [1.807, 2.05) is 43.0 Å². The Balaban J connectivity index is 1.65. The van der Waals surface area contributed by atoms with Gasteiger partial charge >= 0.3 is 0 Å². The average molecular weight is 460 g/mol. The Kier molecular flexibility index (Phi) is 5.24. The summed E-state index contributed by atoms with van der Waals surface area (Å²) in [4.78, 5) is 15.5. The smallest absolute Gasteiger partial charge is 0.237 e. The SMILES string of the molecule is CC1=C(c2cc3c(cc2C)C(C)(C)C(=O)N3Cc2ccccc2Cl)CCCc2c1n[nH]c2C. The van der Waals surface area contributed by atoms with Crippen LogP contribution in [0, 0.1) is 13.8 Å². The van der Waals surface area contributed by atoms with E-state index in [1.54, 1.807) is 0 Å². The maximum absolute atomic E-state index is 13.5. The van der Waals surface area contributed by atoms with Crippen molar-refractivity contribution in [3.63, 3.8) is 0 Å². The predicted molar refractivity (Wildman–Crippen MR) is 136 cm³/mol. The number of carbonyl (C=O) groups excluding carboxylic acids is 1. The zero-order chi connectivity index (χ0) is 23.5. The second kappa shape index (κ2) is 7.88. The third-order valence-electron chi connectivity index (χ3n) is 7.43. The molecule has 3 aromatic rings. The van der Waals surface area contributed by atoms with Gasteiger partial charge in [0.25, 0.3) is 0 Å². The molecule has 2 aliphatic rings. The van der Waals surface area contributed by atoms with Crippen LogP contribution in [0.3, 0.4) is 0 Å². The second-order valence-corrected chi connectivity index (χ2v) is 10.3. The van der Waals surface area contributed by atoms with Gasteiger partial charge in [0.05, 0.1) is 17.7 Å². The predicted octanol–water partition coefficient (Wildman–Crippen LogP) is 6.77. The van der Waals surface area contributed by atoms with Gasteiger partial charge in [0.2, 0.25) is 5.91 Å². The third kappa shape index (κ3) is 3.43. The van der Waals surface area contributed by atoms with Crippen LogP contribution in [0.4, 0.5) is 5.69 Å². The maximum Gasteiger partial charge on any atom is 0.237 e. The summed E-state index contributed by atoms with van der Waals surface area (Å²) < 4.78 is 0. The molecule has 1 aromatic heterocycles. The number of nitrogens with one attached hydrogen (secondary N) is 1. The zero-order valence-electron chi connectivity index (χ0n) is 20.0. The van der Waals surface area contributed by atoms with Gasteiger partial charge in [0.15, 0.2) is 0 Å². The van der Waals surface area contributed by atoms with E-state index >= 15 is 0 Å². The fraction of sp³-hybridized carbons (Fsp3) is 0.357. The summed E-state index contributed by atoms with van der Waals surface area (Å²) in [6.45, 7) is 11.0. The minimum Gasteiger partial charge on any atom is -0.307 e. The number of nitrogens with zero attached hydrogens (tertiary/aromatic N) is 2. The Morgan fingerprint density at radius 3 is 2.64 bits per heavy atom. The quantitative estimate of drug-likeness (QED) is 0.469. The Morgan fingerprint density at radius 2 is 1.88 bits per heavy atom. The summed E-state index contributed by atoms with van der Waals surface area (Å²) in [5, 5.41) is 8.49. The van der Waals surface area contributed by atoms with Gasteiger partial charge in [0.1, 0.15) is 0 Å². The Hall–Kier alpha value is -2.85. The highest BCUT2D eigenvalue weighted by Gasteiger charge is 2.44. The molecule has 4 nitrogen and oxygen atoms in total. The van der Waals surface area contributed by atoms with Crippen molar-refractivity contribution in [2.24, 2.45) is 0 Å². The number of anilines is 1. The van der Waals surface area contributed by atoms with Crippen LogP contribution in [0.2, 0.25) is 5.02 Å². The lowest BCUT2D eigenvalue weighted by Crippen LogP contribution is -2.35. The number of allylic oxidation sites excluding steroid dienone is 2. The van der Waals surface area contributed by atoms with Gasteiger partial charge in [-0.25, -0.2) is 0 Å². The van der Waals surface area contributed by atoms with E-state index in [4.69, 9.17) is 11.6 Å². The molecule has 5 heteroatoms. The van der Waals surface area contributed by atoms with E-state index in [1.165, 1.54) is 27.8 Å². The molecule has 1 aliphatic heterocycles. The van der Waals surface area contributed by atoms with Crippen LogP contribution < -0.4 is 4.90 Å². The fourth-order valence-corrected chi connectivity index (χ4v) is 5.63. The topological polar surface area (TPSA) is 49.0 Å². The number of halogens is 1. The average Bonchev–Trinajstić information content (AvgIpc) is 3.15. The molecule has 0 atom stereocenters. The number of aryl methyl sites for hydroxylation is 2. The van der Waals surface area contributed by atoms with E-state index in [2.05, 4.69) is 43.1 Å². The largest absolute Gasteiger partial charge is 0.307 e. The molecule has 1 aliphatic carbocycles. The van der Waals surface area contributed by atoms with Crippen molar-refractivity contribution in [2.45, 2.75) is 65.8 Å². The first kappa shape index (κ1) is 22.0. The van der Waals surface area contributed by atoms with Crippen molar-refractivity contribution >= 4 is 34.3 Å². The van der Waals surface area contributed by atoms with Crippen LogP contribution in [0.1, 0.15) is 72.8 Å².